The van der Waals surface area contributed by atoms with Crippen LogP contribution in [0, 0.1) is 0 Å². The minimum Gasteiger partial charge on any atom is -0.495 e. The van der Waals surface area contributed by atoms with Gasteiger partial charge < -0.3 is 14.6 Å². The van der Waals surface area contributed by atoms with E-state index in [1.807, 2.05) is 19.1 Å². The van der Waals surface area contributed by atoms with Gasteiger partial charge in [-0.25, -0.2) is 0 Å². The summed E-state index contributed by atoms with van der Waals surface area (Å²) in [4.78, 5) is 4.15. The second kappa shape index (κ2) is 5.68. The van der Waals surface area contributed by atoms with Crippen molar-refractivity contribution in [3.63, 3.8) is 0 Å². The van der Waals surface area contributed by atoms with Crippen LogP contribution in [0.1, 0.15) is 19.5 Å². The molecule has 2 atom stereocenters. The lowest BCUT2D eigenvalue weighted by molar-refractivity contribution is -0.0279. The Balaban J connectivity index is 2.44. The molecule has 1 N–H and O–H groups in total. The molecule has 0 aliphatic carbocycles. The molecule has 1 heterocycles. The van der Waals surface area contributed by atoms with E-state index in [2.05, 4.69) is 4.98 Å². The largest absolute Gasteiger partial charge is 0.495 e. The zero-order valence-corrected chi connectivity index (χ0v) is 9.30. The number of methoxy groups -OCH3 is 1. The Hall–Kier alpha value is -1.13. The van der Waals surface area contributed by atoms with E-state index in [9.17, 15) is 5.11 Å². The van der Waals surface area contributed by atoms with Gasteiger partial charge in [0.05, 0.1) is 37.8 Å². The van der Waals surface area contributed by atoms with Crippen LogP contribution in [0.5, 0.6) is 5.75 Å². The first-order chi connectivity index (χ1) is 7.13. The first-order valence-electron chi connectivity index (χ1n) is 4.92. The molecule has 0 saturated carbocycles. The van der Waals surface area contributed by atoms with Crippen LogP contribution in [0.25, 0.3) is 0 Å². The standard InChI is InChI=1S/C11H17NO3/c1-8(13)9(2)15-7-10-4-5-11(14-3)6-12-10/h4-6,8-9,13H,7H2,1-3H3/t8-,9?/m0/s1. The molecular weight excluding hydrogens is 194 g/mol. The molecule has 0 aliphatic rings. The summed E-state index contributed by atoms with van der Waals surface area (Å²) < 4.78 is 10.4. The van der Waals surface area contributed by atoms with Gasteiger partial charge in [0.15, 0.2) is 0 Å². The lowest BCUT2D eigenvalue weighted by Crippen LogP contribution is -2.22. The molecule has 84 valence electrons. The Kier molecular flexibility index (Phi) is 4.52. The average molecular weight is 211 g/mol. The highest BCUT2D eigenvalue weighted by Crippen LogP contribution is 2.09. The number of hydrogen-bond donors (Lipinski definition) is 1. The van der Waals surface area contributed by atoms with Gasteiger partial charge in [0, 0.05) is 0 Å². The van der Waals surface area contributed by atoms with Gasteiger partial charge in [-0.3, -0.25) is 4.98 Å². The summed E-state index contributed by atoms with van der Waals surface area (Å²) >= 11 is 0. The molecule has 0 aliphatic heterocycles. The molecule has 0 radical (unpaired) electrons. The highest BCUT2D eigenvalue weighted by molar-refractivity contribution is 5.19. The summed E-state index contributed by atoms with van der Waals surface area (Å²) in [5, 5.41) is 9.22. The van der Waals surface area contributed by atoms with Gasteiger partial charge in [0.25, 0.3) is 0 Å². The topological polar surface area (TPSA) is 51.6 Å². The van der Waals surface area contributed by atoms with E-state index in [1.165, 1.54) is 0 Å². The molecule has 1 aromatic heterocycles. The first kappa shape index (κ1) is 11.9. The molecule has 1 rings (SSSR count). The quantitative estimate of drug-likeness (QED) is 0.799. The number of ether oxygens (including phenoxy) is 2. The molecule has 4 nitrogen and oxygen atoms in total. The van der Waals surface area contributed by atoms with E-state index in [0.717, 1.165) is 11.4 Å². The van der Waals surface area contributed by atoms with Crippen molar-refractivity contribution >= 4 is 0 Å². The molecular formula is C11H17NO3. The monoisotopic (exact) mass is 211 g/mol. The lowest BCUT2D eigenvalue weighted by atomic mass is 10.2. The van der Waals surface area contributed by atoms with Crippen molar-refractivity contribution < 1.29 is 14.6 Å². The van der Waals surface area contributed by atoms with Crippen molar-refractivity contribution in [3.8, 4) is 5.75 Å². The Morgan fingerprint density at radius 3 is 2.60 bits per heavy atom. The van der Waals surface area contributed by atoms with Crippen molar-refractivity contribution in [1.29, 1.82) is 0 Å². The predicted octanol–water partition coefficient (Wildman–Crippen LogP) is 1.38. The molecule has 15 heavy (non-hydrogen) atoms. The van der Waals surface area contributed by atoms with Crippen molar-refractivity contribution in [2.45, 2.75) is 32.7 Å². The van der Waals surface area contributed by atoms with E-state index >= 15 is 0 Å². The molecule has 0 amide bonds. The van der Waals surface area contributed by atoms with Crippen LogP contribution in [0.2, 0.25) is 0 Å². The Labute approximate surface area is 89.9 Å². The number of aromatic nitrogens is 1. The molecule has 1 aromatic rings. The van der Waals surface area contributed by atoms with Gasteiger partial charge in [-0.05, 0) is 26.0 Å². The fourth-order valence-electron chi connectivity index (χ4n) is 0.973. The fraction of sp³-hybridized carbons (Fsp3) is 0.545. The van der Waals surface area contributed by atoms with E-state index < -0.39 is 6.10 Å². The highest BCUT2D eigenvalue weighted by atomic mass is 16.5. The zero-order chi connectivity index (χ0) is 11.3. The van der Waals surface area contributed by atoms with Gasteiger partial charge in [-0.15, -0.1) is 0 Å². The Morgan fingerprint density at radius 1 is 1.40 bits per heavy atom. The van der Waals surface area contributed by atoms with Crippen molar-refractivity contribution in [3.05, 3.63) is 24.0 Å². The summed E-state index contributed by atoms with van der Waals surface area (Å²) in [5.41, 5.74) is 0.823. The molecule has 0 bridgehead atoms. The number of aliphatic hydroxyl groups is 1. The zero-order valence-electron chi connectivity index (χ0n) is 9.30. The molecule has 4 heteroatoms. The molecule has 0 spiro atoms. The minimum absolute atomic E-state index is 0.186. The number of rotatable bonds is 5. The van der Waals surface area contributed by atoms with Crippen molar-refractivity contribution in [1.82, 2.24) is 4.98 Å². The second-order valence-corrected chi connectivity index (χ2v) is 3.45. The maximum atomic E-state index is 9.22. The van der Waals surface area contributed by atoms with Crippen LogP contribution in [0.4, 0.5) is 0 Å². The van der Waals surface area contributed by atoms with Gasteiger partial charge in [-0.1, -0.05) is 0 Å². The predicted molar refractivity (Wildman–Crippen MR) is 56.7 cm³/mol. The first-order valence-corrected chi connectivity index (χ1v) is 4.92. The molecule has 0 aromatic carbocycles. The maximum absolute atomic E-state index is 9.22. The van der Waals surface area contributed by atoms with Crippen LogP contribution in [0.3, 0.4) is 0 Å². The fourth-order valence-corrected chi connectivity index (χ4v) is 0.973. The lowest BCUT2D eigenvalue weighted by Gasteiger charge is -2.15. The third-order valence-corrected chi connectivity index (χ3v) is 2.21. The summed E-state index contributed by atoms with van der Waals surface area (Å²) in [6.45, 7) is 3.93. The summed E-state index contributed by atoms with van der Waals surface area (Å²) in [7, 11) is 1.60. The molecule has 1 unspecified atom stereocenters. The molecule has 0 fully saturated rings. The van der Waals surface area contributed by atoms with E-state index in [0.29, 0.717) is 6.61 Å². The number of aliphatic hydroxyl groups excluding tert-OH is 1. The summed E-state index contributed by atoms with van der Waals surface area (Å²) in [6.07, 6.45) is 0.989. The summed E-state index contributed by atoms with van der Waals surface area (Å²) in [5.74, 6) is 0.724. The van der Waals surface area contributed by atoms with Gasteiger partial charge in [0.2, 0.25) is 0 Å². The Morgan fingerprint density at radius 2 is 2.13 bits per heavy atom. The van der Waals surface area contributed by atoms with Crippen LogP contribution >= 0.6 is 0 Å². The number of nitrogens with zero attached hydrogens (tertiary/aromatic N) is 1. The minimum atomic E-state index is -0.469. The van der Waals surface area contributed by atoms with E-state index in [1.54, 1.807) is 20.2 Å². The Bertz CT molecular complexity index is 284. The van der Waals surface area contributed by atoms with Crippen LogP contribution in [0.15, 0.2) is 18.3 Å². The molecule has 0 saturated heterocycles. The second-order valence-electron chi connectivity index (χ2n) is 3.45. The maximum Gasteiger partial charge on any atom is 0.137 e. The van der Waals surface area contributed by atoms with Crippen LogP contribution < -0.4 is 4.74 Å². The van der Waals surface area contributed by atoms with Crippen molar-refractivity contribution in [2.24, 2.45) is 0 Å². The van der Waals surface area contributed by atoms with E-state index in [-0.39, 0.29) is 6.10 Å². The normalized spacial score (nSPS) is 14.7. The number of hydrogen-bond acceptors (Lipinski definition) is 4. The third kappa shape index (κ3) is 3.85. The van der Waals surface area contributed by atoms with Crippen LogP contribution in [-0.4, -0.2) is 29.4 Å². The van der Waals surface area contributed by atoms with E-state index in [4.69, 9.17) is 9.47 Å². The van der Waals surface area contributed by atoms with Gasteiger partial charge >= 0.3 is 0 Å². The summed E-state index contributed by atoms with van der Waals surface area (Å²) in [6, 6.07) is 3.67. The SMILES string of the molecule is COc1ccc(COC(C)[C@H](C)O)nc1. The van der Waals surface area contributed by atoms with Crippen molar-refractivity contribution in [2.75, 3.05) is 7.11 Å². The highest BCUT2D eigenvalue weighted by Gasteiger charge is 2.09. The third-order valence-electron chi connectivity index (χ3n) is 2.21. The number of pyridine rings is 1. The smallest absolute Gasteiger partial charge is 0.137 e. The average Bonchev–Trinajstić information content (AvgIpc) is 2.26. The van der Waals surface area contributed by atoms with Gasteiger partial charge in [0.1, 0.15) is 5.75 Å². The van der Waals surface area contributed by atoms with Crippen LogP contribution in [-0.2, 0) is 11.3 Å². The van der Waals surface area contributed by atoms with Gasteiger partial charge in [-0.2, -0.15) is 0 Å².